The molecule has 0 bridgehead atoms. The van der Waals surface area contributed by atoms with Crippen LogP contribution in [-0.4, -0.2) is 18.9 Å². The molecule has 0 aliphatic carbocycles. The van der Waals surface area contributed by atoms with Crippen LogP contribution in [0.5, 0.6) is 0 Å². The Hall–Kier alpha value is -0.770. The molecule has 1 unspecified atom stereocenters. The number of ether oxygens (including phenoxy) is 1. The summed E-state index contributed by atoms with van der Waals surface area (Å²) in [6, 6.07) is -0.512. The van der Waals surface area contributed by atoms with Crippen molar-refractivity contribution in [3.63, 3.8) is 0 Å². The normalized spacial score (nSPS) is 26.0. The van der Waals surface area contributed by atoms with Crippen LogP contribution in [0.1, 0.15) is 12.8 Å². The highest BCUT2D eigenvalue weighted by molar-refractivity contribution is 5.71. The monoisotopic (exact) mass is 130 g/mol. The number of nitrogens with one attached hydrogen (secondary N) is 1. The number of amides is 2. The molecule has 1 rings (SSSR count). The maximum absolute atomic E-state index is 10.2. The molecule has 1 aliphatic rings. The van der Waals surface area contributed by atoms with Crippen molar-refractivity contribution < 1.29 is 9.53 Å². The van der Waals surface area contributed by atoms with Crippen LogP contribution >= 0.6 is 0 Å². The first-order valence-electron chi connectivity index (χ1n) is 2.96. The summed E-state index contributed by atoms with van der Waals surface area (Å²) >= 11 is 0. The van der Waals surface area contributed by atoms with Gasteiger partial charge in [-0.05, 0) is 12.8 Å². The summed E-state index contributed by atoms with van der Waals surface area (Å²) in [7, 11) is 0. The molecule has 0 saturated carbocycles. The van der Waals surface area contributed by atoms with Gasteiger partial charge in [0, 0.05) is 6.61 Å². The lowest BCUT2D eigenvalue weighted by atomic mass is 10.3. The summed E-state index contributed by atoms with van der Waals surface area (Å²) in [5.74, 6) is 0. The van der Waals surface area contributed by atoms with E-state index in [9.17, 15) is 4.79 Å². The van der Waals surface area contributed by atoms with Gasteiger partial charge in [0.25, 0.3) is 0 Å². The Kier molecular flexibility index (Phi) is 1.89. The molecule has 2 amide bonds. The summed E-state index contributed by atoms with van der Waals surface area (Å²) in [5, 5.41) is 2.46. The number of primary amides is 1. The molecule has 1 heterocycles. The fourth-order valence-electron chi connectivity index (χ4n) is 0.850. The number of nitrogens with two attached hydrogens (primary N) is 1. The van der Waals surface area contributed by atoms with E-state index in [0.29, 0.717) is 0 Å². The molecule has 3 N–H and O–H groups in total. The van der Waals surface area contributed by atoms with E-state index in [0.717, 1.165) is 19.4 Å². The van der Waals surface area contributed by atoms with Crippen LogP contribution < -0.4 is 11.1 Å². The Morgan fingerprint density at radius 2 is 2.56 bits per heavy atom. The van der Waals surface area contributed by atoms with Gasteiger partial charge in [-0.1, -0.05) is 0 Å². The zero-order valence-corrected chi connectivity index (χ0v) is 5.09. The smallest absolute Gasteiger partial charge is 0.314 e. The third kappa shape index (κ3) is 1.89. The first-order valence-corrected chi connectivity index (χ1v) is 2.96. The second-order valence-electron chi connectivity index (χ2n) is 2.01. The van der Waals surface area contributed by atoms with Gasteiger partial charge in [-0.2, -0.15) is 0 Å². The molecule has 0 aromatic heterocycles. The van der Waals surface area contributed by atoms with Gasteiger partial charge in [0.2, 0.25) is 0 Å². The highest BCUT2D eigenvalue weighted by atomic mass is 16.5. The summed E-state index contributed by atoms with van der Waals surface area (Å²) in [4.78, 5) is 10.2. The molecule has 1 atom stereocenters. The van der Waals surface area contributed by atoms with Crippen molar-refractivity contribution in [1.82, 2.24) is 5.32 Å². The fraction of sp³-hybridized carbons (Fsp3) is 0.800. The predicted molar refractivity (Wildman–Crippen MR) is 31.7 cm³/mol. The largest absolute Gasteiger partial charge is 0.358 e. The van der Waals surface area contributed by atoms with Crippen LogP contribution in [-0.2, 0) is 4.74 Å². The van der Waals surface area contributed by atoms with Gasteiger partial charge < -0.3 is 15.8 Å². The minimum atomic E-state index is -0.512. The molecule has 1 fully saturated rings. The van der Waals surface area contributed by atoms with Gasteiger partial charge in [-0.25, -0.2) is 4.79 Å². The Morgan fingerprint density at radius 3 is 3.00 bits per heavy atom. The first kappa shape index (κ1) is 6.35. The van der Waals surface area contributed by atoms with E-state index in [1.54, 1.807) is 0 Å². The lowest BCUT2D eigenvalue weighted by Gasteiger charge is -2.07. The SMILES string of the molecule is NC(=O)NC1CCCO1. The van der Waals surface area contributed by atoms with E-state index in [4.69, 9.17) is 10.5 Å². The molecule has 4 nitrogen and oxygen atoms in total. The number of carbonyl (C=O) groups is 1. The number of rotatable bonds is 1. The molecular weight excluding hydrogens is 120 g/mol. The minimum Gasteiger partial charge on any atom is -0.358 e. The van der Waals surface area contributed by atoms with Crippen LogP contribution in [0.2, 0.25) is 0 Å². The second kappa shape index (κ2) is 2.68. The Bertz CT molecular complexity index is 110. The van der Waals surface area contributed by atoms with E-state index >= 15 is 0 Å². The van der Waals surface area contributed by atoms with Crippen LogP contribution in [0.3, 0.4) is 0 Å². The average Bonchev–Trinajstić information content (AvgIpc) is 2.15. The van der Waals surface area contributed by atoms with E-state index in [1.807, 2.05) is 0 Å². The van der Waals surface area contributed by atoms with Gasteiger partial charge >= 0.3 is 6.03 Å². The van der Waals surface area contributed by atoms with Gasteiger partial charge in [0.15, 0.2) is 0 Å². The predicted octanol–water partition coefficient (Wildman–Crippen LogP) is -0.209. The quantitative estimate of drug-likeness (QED) is 0.516. The molecule has 52 valence electrons. The number of hydrogen-bond acceptors (Lipinski definition) is 2. The first-order chi connectivity index (χ1) is 4.29. The van der Waals surface area contributed by atoms with Gasteiger partial charge in [0.1, 0.15) is 6.23 Å². The summed E-state index contributed by atoms with van der Waals surface area (Å²) in [5.41, 5.74) is 4.84. The van der Waals surface area contributed by atoms with Crippen molar-refractivity contribution in [2.75, 3.05) is 6.61 Å². The van der Waals surface area contributed by atoms with Crippen molar-refractivity contribution in [2.45, 2.75) is 19.1 Å². The maximum Gasteiger partial charge on any atom is 0.314 e. The highest BCUT2D eigenvalue weighted by Crippen LogP contribution is 2.07. The van der Waals surface area contributed by atoms with Crippen molar-refractivity contribution in [3.05, 3.63) is 0 Å². The molecule has 0 radical (unpaired) electrons. The van der Waals surface area contributed by atoms with Crippen LogP contribution in [0.4, 0.5) is 4.79 Å². The topological polar surface area (TPSA) is 64.4 Å². The van der Waals surface area contributed by atoms with E-state index in [1.165, 1.54) is 0 Å². The zero-order chi connectivity index (χ0) is 6.69. The van der Waals surface area contributed by atoms with Crippen LogP contribution in [0.15, 0.2) is 0 Å². The molecule has 0 aromatic rings. The van der Waals surface area contributed by atoms with E-state index < -0.39 is 6.03 Å². The van der Waals surface area contributed by atoms with Crippen molar-refractivity contribution >= 4 is 6.03 Å². The Morgan fingerprint density at radius 1 is 1.78 bits per heavy atom. The standard InChI is InChI=1S/C5H10N2O2/c6-5(8)7-4-2-1-3-9-4/h4H,1-3H2,(H3,6,7,8). The number of carbonyl (C=O) groups excluding carboxylic acids is 1. The maximum atomic E-state index is 10.2. The third-order valence-electron chi connectivity index (χ3n) is 1.23. The zero-order valence-electron chi connectivity index (χ0n) is 5.09. The van der Waals surface area contributed by atoms with Crippen molar-refractivity contribution in [2.24, 2.45) is 5.73 Å². The van der Waals surface area contributed by atoms with Gasteiger partial charge in [-0.3, -0.25) is 0 Å². The van der Waals surface area contributed by atoms with E-state index in [-0.39, 0.29) is 6.23 Å². The van der Waals surface area contributed by atoms with Crippen LogP contribution in [0.25, 0.3) is 0 Å². The van der Waals surface area contributed by atoms with Gasteiger partial charge in [-0.15, -0.1) is 0 Å². The second-order valence-corrected chi connectivity index (χ2v) is 2.01. The lowest BCUT2D eigenvalue weighted by Crippen LogP contribution is -2.37. The Balaban J connectivity index is 2.19. The molecule has 1 aliphatic heterocycles. The van der Waals surface area contributed by atoms with Crippen LogP contribution in [0, 0.1) is 0 Å². The summed E-state index contributed by atoms with van der Waals surface area (Å²) in [6.07, 6.45) is 1.75. The molecule has 9 heavy (non-hydrogen) atoms. The van der Waals surface area contributed by atoms with Crippen molar-refractivity contribution in [1.29, 1.82) is 0 Å². The highest BCUT2D eigenvalue weighted by Gasteiger charge is 2.15. The minimum absolute atomic E-state index is 0.137. The Labute approximate surface area is 53.4 Å². The summed E-state index contributed by atoms with van der Waals surface area (Å²) < 4.78 is 5.05. The molecular formula is C5H10N2O2. The molecule has 0 spiro atoms. The molecule has 4 heteroatoms. The van der Waals surface area contributed by atoms with E-state index in [2.05, 4.69) is 5.32 Å². The average molecular weight is 130 g/mol. The van der Waals surface area contributed by atoms with Gasteiger partial charge in [0.05, 0.1) is 0 Å². The van der Waals surface area contributed by atoms with Crippen molar-refractivity contribution in [3.8, 4) is 0 Å². The molecule has 0 aromatic carbocycles. The fourth-order valence-corrected chi connectivity index (χ4v) is 0.850. The lowest BCUT2D eigenvalue weighted by molar-refractivity contribution is 0.0922. The third-order valence-corrected chi connectivity index (χ3v) is 1.23. The number of hydrogen-bond donors (Lipinski definition) is 2. The summed E-state index contributed by atoms with van der Waals surface area (Å²) in [6.45, 7) is 0.727. The molecule has 1 saturated heterocycles. The number of urea groups is 1.